The molecule has 0 N–H and O–H groups in total. The largest absolute Gasteiger partial charge is 0.268 e. The first-order valence-electron chi connectivity index (χ1n) is 6.13. The SMILES string of the molecule is CC(C)c1cnn(C(CC#N)C2CCC2)c1. The summed E-state index contributed by atoms with van der Waals surface area (Å²) in [6.45, 7) is 4.34. The molecule has 1 fully saturated rings. The van der Waals surface area contributed by atoms with Crippen molar-refractivity contribution >= 4 is 0 Å². The Morgan fingerprint density at radius 1 is 1.56 bits per heavy atom. The van der Waals surface area contributed by atoms with E-state index in [4.69, 9.17) is 5.26 Å². The van der Waals surface area contributed by atoms with E-state index in [1.54, 1.807) is 0 Å². The summed E-state index contributed by atoms with van der Waals surface area (Å²) < 4.78 is 2.02. The van der Waals surface area contributed by atoms with Crippen LogP contribution in [0.5, 0.6) is 0 Å². The number of hydrogen-bond donors (Lipinski definition) is 0. The molecule has 16 heavy (non-hydrogen) atoms. The Labute approximate surface area is 97.1 Å². The second kappa shape index (κ2) is 4.69. The van der Waals surface area contributed by atoms with E-state index in [1.165, 1.54) is 24.8 Å². The Hall–Kier alpha value is -1.30. The molecule has 2 rings (SSSR count). The molecule has 3 heteroatoms. The lowest BCUT2D eigenvalue weighted by Gasteiger charge is -2.32. The first-order valence-corrected chi connectivity index (χ1v) is 6.13. The maximum absolute atomic E-state index is 8.89. The number of aromatic nitrogens is 2. The van der Waals surface area contributed by atoms with Gasteiger partial charge in [0.15, 0.2) is 0 Å². The molecular formula is C13H19N3. The van der Waals surface area contributed by atoms with Crippen molar-refractivity contribution in [2.75, 3.05) is 0 Å². The summed E-state index contributed by atoms with van der Waals surface area (Å²) >= 11 is 0. The minimum absolute atomic E-state index is 0.297. The first kappa shape index (κ1) is 11.2. The van der Waals surface area contributed by atoms with Gasteiger partial charge in [0.1, 0.15) is 0 Å². The zero-order valence-electron chi connectivity index (χ0n) is 10.1. The minimum Gasteiger partial charge on any atom is -0.268 e. The molecule has 1 unspecified atom stereocenters. The highest BCUT2D eigenvalue weighted by Gasteiger charge is 2.29. The molecule has 3 nitrogen and oxygen atoms in total. The van der Waals surface area contributed by atoms with Crippen molar-refractivity contribution in [1.29, 1.82) is 5.26 Å². The third kappa shape index (κ3) is 2.11. The molecule has 1 saturated carbocycles. The summed E-state index contributed by atoms with van der Waals surface area (Å²) in [7, 11) is 0. The van der Waals surface area contributed by atoms with Gasteiger partial charge in [-0.1, -0.05) is 20.3 Å². The molecule has 0 aromatic carbocycles. The van der Waals surface area contributed by atoms with Crippen LogP contribution in [0.4, 0.5) is 0 Å². The summed E-state index contributed by atoms with van der Waals surface area (Å²) in [6.07, 6.45) is 8.46. The van der Waals surface area contributed by atoms with Crippen LogP contribution in [0.3, 0.4) is 0 Å². The molecule has 0 amide bonds. The second-order valence-electron chi connectivity index (χ2n) is 5.03. The van der Waals surface area contributed by atoms with Gasteiger partial charge in [0.2, 0.25) is 0 Å². The number of rotatable bonds is 4. The van der Waals surface area contributed by atoms with Crippen molar-refractivity contribution < 1.29 is 0 Å². The molecule has 1 atom stereocenters. The van der Waals surface area contributed by atoms with Crippen molar-refractivity contribution in [1.82, 2.24) is 9.78 Å². The molecular weight excluding hydrogens is 198 g/mol. The molecule has 0 bridgehead atoms. The number of hydrogen-bond acceptors (Lipinski definition) is 2. The van der Waals surface area contributed by atoms with Crippen LogP contribution >= 0.6 is 0 Å². The Morgan fingerprint density at radius 2 is 2.31 bits per heavy atom. The summed E-state index contributed by atoms with van der Waals surface area (Å²) in [5, 5.41) is 13.3. The van der Waals surface area contributed by atoms with Crippen LogP contribution in [0, 0.1) is 17.2 Å². The average Bonchev–Trinajstić information content (AvgIpc) is 2.62. The van der Waals surface area contributed by atoms with E-state index in [2.05, 4.69) is 31.2 Å². The van der Waals surface area contributed by atoms with Gasteiger partial charge in [-0.15, -0.1) is 0 Å². The predicted octanol–water partition coefficient (Wildman–Crippen LogP) is 3.26. The van der Waals surface area contributed by atoms with Crippen LogP contribution < -0.4 is 0 Å². The van der Waals surface area contributed by atoms with E-state index in [9.17, 15) is 0 Å². The summed E-state index contributed by atoms with van der Waals surface area (Å²) in [5.74, 6) is 1.18. The van der Waals surface area contributed by atoms with E-state index in [1.807, 2.05) is 10.9 Å². The fourth-order valence-corrected chi connectivity index (χ4v) is 2.23. The van der Waals surface area contributed by atoms with Gasteiger partial charge in [0.25, 0.3) is 0 Å². The summed E-state index contributed by atoms with van der Waals surface area (Å²) in [4.78, 5) is 0. The predicted molar refractivity (Wildman–Crippen MR) is 62.9 cm³/mol. The number of nitriles is 1. The average molecular weight is 217 g/mol. The molecule has 1 aromatic heterocycles. The van der Waals surface area contributed by atoms with Crippen LogP contribution in [0.2, 0.25) is 0 Å². The maximum atomic E-state index is 8.89. The molecule has 86 valence electrons. The van der Waals surface area contributed by atoms with Gasteiger partial charge >= 0.3 is 0 Å². The fourth-order valence-electron chi connectivity index (χ4n) is 2.23. The third-order valence-electron chi connectivity index (χ3n) is 3.62. The highest BCUT2D eigenvalue weighted by atomic mass is 15.3. The lowest BCUT2D eigenvalue weighted by molar-refractivity contribution is 0.198. The smallest absolute Gasteiger partial charge is 0.0677 e. The molecule has 1 aliphatic rings. The Bertz CT molecular complexity index is 382. The van der Waals surface area contributed by atoms with E-state index in [0.717, 1.165) is 0 Å². The first-order chi connectivity index (χ1) is 7.72. The topological polar surface area (TPSA) is 41.6 Å². The molecule has 0 saturated heterocycles. The Balaban J connectivity index is 2.14. The van der Waals surface area contributed by atoms with E-state index in [0.29, 0.717) is 24.3 Å². The van der Waals surface area contributed by atoms with Crippen LogP contribution in [-0.4, -0.2) is 9.78 Å². The molecule has 0 radical (unpaired) electrons. The van der Waals surface area contributed by atoms with Crippen LogP contribution in [0.1, 0.15) is 57.1 Å². The Morgan fingerprint density at radius 3 is 2.75 bits per heavy atom. The lowest BCUT2D eigenvalue weighted by Crippen LogP contribution is -2.25. The lowest BCUT2D eigenvalue weighted by atomic mass is 9.79. The fraction of sp³-hybridized carbons (Fsp3) is 0.692. The third-order valence-corrected chi connectivity index (χ3v) is 3.62. The van der Waals surface area contributed by atoms with Crippen molar-refractivity contribution in [3.05, 3.63) is 18.0 Å². The normalized spacial score (nSPS) is 18.1. The summed E-state index contributed by atoms with van der Waals surface area (Å²) in [6, 6.07) is 2.59. The van der Waals surface area contributed by atoms with Crippen molar-refractivity contribution in [3.8, 4) is 6.07 Å². The Kier molecular flexibility index (Phi) is 3.28. The number of nitrogens with zero attached hydrogens (tertiary/aromatic N) is 3. The van der Waals surface area contributed by atoms with Gasteiger partial charge in [0, 0.05) is 6.20 Å². The van der Waals surface area contributed by atoms with Gasteiger partial charge in [-0.25, -0.2) is 0 Å². The van der Waals surface area contributed by atoms with Crippen LogP contribution in [-0.2, 0) is 0 Å². The van der Waals surface area contributed by atoms with E-state index in [-0.39, 0.29) is 0 Å². The van der Waals surface area contributed by atoms with Crippen molar-refractivity contribution in [3.63, 3.8) is 0 Å². The monoisotopic (exact) mass is 217 g/mol. The molecule has 1 aromatic rings. The van der Waals surface area contributed by atoms with Crippen LogP contribution in [0.25, 0.3) is 0 Å². The second-order valence-corrected chi connectivity index (χ2v) is 5.03. The highest BCUT2D eigenvalue weighted by Crippen LogP contribution is 2.38. The van der Waals surface area contributed by atoms with Gasteiger partial charge in [0.05, 0.1) is 24.7 Å². The van der Waals surface area contributed by atoms with Crippen molar-refractivity contribution in [2.45, 2.75) is 51.5 Å². The standard InChI is InChI=1S/C13H19N3/c1-10(2)12-8-15-16(9-12)13(6-7-14)11-4-3-5-11/h8-11,13H,3-6H2,1-2H3. The van der Waals surface area contributed by atoms with Crippen LogP contribution in [0.15, 0.2) is 12.4 Å². The molecule has 1 aliphatic carbocycles. The van der Waals surface area contributed by atoms with Gasteiger partial charge < -0.3 is 0 Å². The molecule has 0 spiro atoms. The van der Waals surface area contributed by atoms with Gasteiger partial charge in [-0.05, 0) is 30.2 Å². The quantitative estimate of drug-likeness (QED) is 0.776. The molecule has 0 aliphatic heterocycles. The minimum atomic E-state index is 0.297. The van der Waals surface area contributed by atoms with Gasteiger partial charge in [-0.2, -0.15) is 10.4 Å². The molecule has 1 heterocycles. The summed E-state index contributed by atoms with van der Waals surface area (Å²) in [5.41, 5.74) is 1.27. The zero-order chi connectivity index (χ0) is 11.5. The van der Waals surface area contributed by atoms with Crippen molar-refractivity contribution in [2.24, 2.45) is 5.92 Å². The highest BCUT2D eigenvalue weighted by molar-refractivity contribution is 5.10. The van der Waals surface area contributed by atoms with Gasteiger partial charge in [-0.3, -0.25) is 4.68 Å². The maximum Gasteiger partial charge on any atom is 0.0677 e. The zero-order valence-corrected chi connectivity index (χ0v) is 10.1. The van der Waals surface area contributed by atoms with E-state index < -0.39 is 0 Å². The van der Waals surface area contributed by atoms with E-state index >= 15 is 0 Å².